The first-order chi connectivity index (χ1) is 14.0. The number of amides is 3. The number of nitrogens with one attached hydrogen (secondary N) is 5. The molecule has 0 saturated carbocycles. The second-order valence-electron chi connectivity index (χ2n) is 6.18. The van der Waals surface area contributed by atoms with Crippen LogP contribution in [0.2, 0.25) is 0 Å². The van der Waals surface area contributed by atoms with Gasteiger partial charge in [0.25, 0.3) is 5.91 Å². The van der Waals surface area contributed by atoms with Crippen LogP contribution in [0.25, 0.3) is 22.0 Å². The van der Waals surface area contributed by atoms with Gasteiger partial charge in [-0.1, -0.05) is 17.2 Å². The minimum Gasteiger partial charge on any atom is -0.506 e. The molecule has 2 aromatic carbocycles. The lowest BCUT2D eigenvalue weighted by Gasteiger charge is -2.06. The molecule has 0 atom stereocenters. The molecule has 3 amide bonds. The summed E-state index contributed by atoms with van der Waals surface area (Å²) in [5.74, 6) is 0.400. The number of rotatable bonds is 4. The van der Waals surface area contributed by atoms with E-state index in [0.717, 1.165) is 0 Å². The number of aromatic nitrogens is 2. The normalized spacial score (nSPS) is 10.8. The molecule has 29 heavy (non-hydrogen) atoms. The number of H-pyrrole nitrogens is 2. The third-order valence-electron chi connectivity index (χ3n) is 4.55. The fourth-order valence-corrected chi connectivity index (χ4v) is 3.22. The average Bonchev–Trinajstić information content (AvgIpc) is 3.28. The maximum atomic E-state index is 12.6. The van der Waals surface area contributed by atoms with Gasteiger partial charge in [0, 0.05) is 10.9 Å². The molecule has 0 fully saturated rings. The maximum absolute atomic E-state index is 12.6. The number of aromatic amines is 2. The Morgan fingerprint density at radius 2 is 1.86 bits per heavy atom. The van der Waals surface area contributed by atoms with E-state index in [0.29, 0.717) is 39.0 Å². The number of carbonyl (C=O) groups excluding carboxylic acids is 2. The van der Waals surface area contributed by atoms with Crippen molar-refractivity contribution in [2.45, 2.75) is 0 Å². The third kappa shape index (κ3) is 3.02. The molecule has 4 rings (SSSR count). The molecule has 1 aliphatic heterocycles. The Bertz CT molecular complexity index is 1210. The molecule has 10 nitrogen and oxygen atoms in total. The largest absolute Gasteiger partial charge is 0.506 e. The molecule has 10 heteroatoms. The summed E-state index contributed by atoms with van der Waals surface area (Å²) in [5, 5.41) is 25.6. The minimum atomic E-state index is -0.860. The van der Waals surface area contributed by atoms with Crippen LogP contribution < -0.4 is 15.4 Å². The first kappa shape index (κ1) is 18.0. The maximum Gasteiger partial charge on any atom is 0.363 e. The van der Waals surface area contributed by atoms with E-state index in [1.807, 2.05) is 0 Å². The number of benzene rings is 2. The zero-order valence-electron chi connectivity index (χ0n) is 15.2. The second-order valence-corrected chi connectivity index (χ2v) is 6.18. The van der Waals surface area contributed by atoms with Crippen molar-refractivity contribution in [3.63, 3.8) is 0 Å². The van der Waals surface area contributed by atoms with Gasteiger partial charge < -0.3 is 20.5 Å². The number of nitrogens with zero attached hydrogens (tertiary/aromatic N) is 1. The first-order valence-corrected chi connectivity index (χ1v) is 8.51. The Morgan fingerprint density at radius 3 is 2.55 bits per heavy atom. The summed E-state index contributed by atoms with van der Waals surface area (Å²) < 4.78 is 5.08. The molecular weight excluding hydrogens is 376 g/mol. The Labute approximate surface area is 163 Å². The van der Waals surface area contributed by atoms with Crippen LogP contribution in [-0.2, 0) is 0 Å². The molecule has 0 radical (unpaired) electrons. The fourth-order valence-electron chi connectivity index (χ4n) is 3.22. The fraction of sp³-hybridized carbons (Fsp3) is 0.0526. The van der Waals surface area contributed by atoms with E-state index in [9.17, 15) is 14.7 Å². The number of anilines is 2. The summed E-state index contributed by atoms with van der Waals surface area (Å²) in [7, 11) is 1.54. The average molecular weight is 392 g/mol. The summed E-state index contributed by atoms with van der Waals surface area (Å²) in [6.07, 6.45) is 0. The van der Waals surface area contributed by atoms with Crippen LogP contribution >= 0.6 is 0 Å². The highest BCUT2D eigenvalue weighted by molar-refractivity contribution is 6.18. The van der Waals surface area contributed by atoms with E-state index in [4.69, 9.17) is 10.3 Å². The summed E-state index contributed by atoms with van der Waals surface area (Å²) in [4.78, 5) is 24.1. The standard InChI is InChI=1S/C19H16N6O4/c1-29-10-7-5-9(6-8-10)18(27)22-17-14-15(24-25-17)11-3-2-4-12(13(11)16(14)26)21-19(28)23-20/h2-8,20,24-26H,1H3,(H,21,28)(H,22,27). The molecule has 2 aliphatic rings. The summed E-state index contributed by atoms with van der Waals surface area (Å²) >= 11 is 0. The number of ether oxygens (including phenoxy) is 1. The molecule has 0 spiro atoms. The summed E-state index contributed by atoms with van der Waals surface area (Å²) in [6.45, 7) is 0. The van der Waals surface area contributed by atoms with Crippen molar-refractivity contribution < 1.29 is 19.4 Å². The Kier molecular flexibility index (Phi) is 4.36. The number of fused-ring (bicyclic) bond motifs is 3. The van der Waals surface area contributed by atoms with E-state index in [-0.39, 0.29) is 17.5 Å². The monoisotopic (exact) mass is 392 g/mol. The number of aromatic hydroxyl groups is 1. The van der Waals surface area contributed by atoms with Crippen molar-refractivity contribution in [3.05, 3.63) is 48.0 Å². The van der Waals surface area contributed by atoms with Crippen LogP contribution in [0.15, 0.2) is 47.6 Å². The second kappa shape index (κ2) is 7.00. The van der Waals surface area contributed by atoms with Gasteiger partial charge in [-0.15, -0.1) is 0 Å². The Hall–Kier alpha value is -4.34. The zero-order valence-corrected chi connectivity index (χ0v) is 15.2. The number of hydrogen-bond donors (Lipinski definition) is 6. The SMILES string of the molecule is COc1ccc(C(=O)Nc2[nH][nH]c3c4cccc(NC(=O)N=N)c4c(O)c2-3)cc1. The minimum absolute atomic E-state index is 0.126. The van der Waals surface area contributed by atoms with Crippen molar-refractivity contribution in [1.82, 2.24) is 10.2 Å². The Balaban J connectivity index is 1.73. The molecular formula is C19H16N6O4. The van der Waals surface area contributed by atoms with Crippen LogP contribution in [0.4, 0.5) is 16.3 Å². The van der Waals surface area contributed by atoms with Gasteiger partial charge in [0.15, 0.2) is 0 Å². The van der Waals surface area contributed by atoms with Crippen LogP contribution in [-0.4, -0.2) is 34.4 Å². The molecule has 0 saturated heterocycles. The molecule has 1 heterocycles. The van der Waals surface area contributed by atoms with E-state index >= 15 is 0 Å². The van der Waals surface area contributed by atoms with Crippen molar-refractivity contribution >= 4 is 34.2 Å². The van der Waals surface area contributed by atoms with Crippen molar-refractivity contribution in [2.24, 2.45) is 5.11 Å². The Morgan fingerprint density at radius 1 is 1.10 bits per heavy atom. The van der Waals surface area contributed by atoms with E-state index < -0.39 is 6.03 Å². The topological polar surface area (TPSA) is 155 Å². The molecule has 0 bridgehead atoms. The highest BCUT2D eigenvalue weighted by Crippen LogP contribution is 2.49. The van der Waals surface area contributed by atoms with Crippen LogP contribution in [0.3, 0.4) is 0 Å². The first-order valence-electron chi connectivity index (χ1n) is 8.51. The molecule has 146 valence electrons. The smallest absolute Gasteiger partial charge is 0.363 e. The lowest BCUT2D eigenvalue weighted by atomic mass is 10.2. The van der Waals surface area contributed by atoms with Gasteiger partial charge in [-0.2, -0.15) is 5.53 Å². The molecule has 2 aromatic rings. The molecule has 0 unspecified atom stereocenters. The quantitative estimate of drug-likeness (QED) is 0.289. The zero-order chi connectivity index (χ0) is 20.5. The van der Waals surface area contributed by atoms with Gasteiger partial charge in [0.1, 0.15) is 17.3 Å². The lowest BCUT2D eigenvalue weighted by Crippen LogP contribution is -2.12. The lowest BCUT2D eigenvalue weighted by molar-refractivity contribution is 0.102. The van der Waals surface area contributed by atoms with Gasteiger partial charge in [-0.3, -0.25) is 15.0 Å². The van der Waals surface area contributed by atoms with Gasteiger partial charge in [-0.25, -0.2) is 4.79 Å². The summed E-state index contributed by atoms with van der Waals surface area (Å²) in [5.41, 5.74) is 8.44. The molecule has 6 N–H and O–H groups in total. The predicted octanol–water partition coefficient (Wildman–Crippen LogP) is 4.13. The van der Waals surface area contributed by atoms with Crippen molar-refractivity contribution in [1.29, 1.82) is 5.53 Å². The van der Waals surface area contributed by atoms with E-state index in [1.165, 1.54) is 7.11 Å². The van der Waals surface area contributed by atoms with Crippen LogP contribution in [0.1, 0.15) is 10.4 Å². The number of hydrogen-bond acceptors (Lipinski definition) is 5. The number of methoxy groups -OCH3 is 1. The van der Waals surface area contributed by atoms with Gasteiger partial charge in [-0.05, 0) is 30.3 Å². The van der Waals surface area contributed by atoms with Crippen molar-refractivity contribution in [2.75, 3.05) is 17.7 Å². The predicted molar refractivity (Wildman–Crippen MR) is 106 cm³/mol. The third-order valence-corrected chi connectivity index (χ3v) is 4.55. The summed E-state index contributed by atoms with van der Waals surface area (Å²) in [6, 6.07) is 10.8. The highest BCUT2D eigenvalue weighted by Gasteiger charge is 2.26. The van der Waals surface area contributed by atoms with E-state index in [1.54, 1.807) is 42.5 Å². The van der Waals surface area contributed by atoms with Crippen LogP contribution in [0, 0.1) is 5.53 Å². The number of carbonyl (C=O) groups is 2. The van der Waals surface area contributed by atoms with Crippen molar-refractivity contribution in [3.8, 4) is 22.8 Å². The van der Waals surface area contributed by atoms with Gasteiger partial charge >= 0.3 is 6.03 Å². The molecule has 0 aromatic heterocycles. The highest BCUT2D eigenvalue weighted by atomic mass is 16.5. The van der Waals surface area contributed by atoms with Gasteiger partial charge in [0.2, 0.25) is 0 Å². The molecule has 1 aliphatic carbocycles. The number of urea groups is 1. The van der Waals surface area contributed by atoms with Crippen LogP contribution in [0.5, 0.6) is 11.5 Å². The van der Waals surface area contributed by atoms with Gasteiger partial charge in [0.05, 0.1) is 29.4 Å². The van der Waals surface area contributed by atoms with E-state index in [2.05, 4.69) is 25.9 Å².